The molecule has 1 aliphatic heterocycles. The summed E-state index contributed by atoms with van der Waals surface area (Å²) in [5.74, 6) is -0.526. The fourth-order valence-corrected chi connectivity index (χ4v) is 2.27. The molecule has 1 aromatic carbocycles. The molecule has 0 saturated carbocycles. The lowest BCUT2D eigenvalue weighted by atomic mass is 10.1. The third-order valence-electron chi connectivity index (χ3n) is 3.24. The summed E-state index contributed by atoms with van der Waals surface area (Å²) in [6.07, 6.45) is 4.13. The molecule has 0 aliphatic carbocycles. The molecule has 1 fully saturated rings. The SMILES string of the molecule is O=[N+]([O-])c1ccc(F)cc1OCCCC1CCCN1. The van der Waals surface area contributed by atoms with Gasteiger partial charge in [-0.1, -0.05) is 0 Å². The van der Waals surface area contributed by atoms with E-state index >= 15 is 0 Å². The van der Waals surface area contributed by atoms with Crippen LogP contribution in [0, 0.1) is 15.9 Å². The standard InChI is InChI=1S/C13H17FN2O3/c14-10-5-6-12(16(17)18)13(9-10)19-8-2-4-11-3-1-7-15-11/h5-6,9,11,15H,1-4,7-8H2. The highest BCUT2D eigenvalue weighted by atomic mass is 19.1. The van der Waals surface area contributed by atoms with Crippen LogP contribution < -0.4 is 10.1 Å². The van der Waals surface area contributed by atoms with Crippen LogP contribution >= 0.6 is 0 Å². The number of ether oxygens (including phenoxy) is 1. The highest BCUT2D eigenvalue weighted by Crippen LogP contribution is 2.27. The smallest absolute Gasteiger partial charge is 0.311 e. The van der Waals surface area contributed by atoms with Gasteiger partial charge in [-0.3, -0.25) is 10.1 Å². The van der Waals surface area contributed by atoms with Crippen LogP contribution in [0.5, 0.6) is 5.75 Å². The monoisotopic (exact) mass is 268 g/mol. The van der Waals surface area contributed by atoms with Crippen molar-refractivity contribution in [3.63, 3.8) is 0 Å². The Morgan fingerprint density at radius 1 is 1.53 bits per heavy atom. The summed E-state index contributed by atoms with van der Waals surface area (Å²) in [6.45, 7) is 1.42. The maximum absolute atomic E-state index is 13.1. The number of nitro groups is 1. The van der Waals surface area contributed by atoms with Crippen molar-refractivity contribution in [2.75, 3.05) is 13.2 Å². The minimum atomic E-state index is -0.562. The van der Waals surface area contributed by atoms with Gasteiger partial charge in [0.25, 0.3) is 0 Å². The van der Waals surface area contributed by atoms with Crippen LogP contribution in [-0.2, 0) is 0 Å². The molecule has 5 nitrogen and oxygen atoms in total. The van der Waals surface area contributed by atoms with E-state index in [0.29, 0.717) is 12.6 Å². The first kappa shape index (κ1) is 13.7. The first-order valence-electron chi connectivity index (χ1n) is 6.47. The lowest BCUT2D eigenvalue weighted by molar-refractivity contribution is -0.385. The molecule has 104 valence electrons. The molecular weight excluding hydrogens is 251 g/mol. The number of halogens is 1. The van der Waals surface area contributed by atoms with Gasteiger partial charge >= 0.3 is 5.69 Å². The average molecular weight is 268 g/mol. The number of rotatable bonds is 6. The van der Waals surface area contributed by atoms with Crippen molar-refractivity contribution in [1.82, 2.24) is 5.32 Å². The van der Waals surface area contributed by atoms with Crippen LogP contribution in [0.4, 0.5) is 10.1 Å². The van der Waals surface area contributed by atoms with E-state index in [9.17, 15) is 14.5 Å². The molecule has 19 heavy (non-hydrogen) atoms. The second kappa shape index (κ2) is 6.47. The largest absolute Gasteiger partial charge is 0.487 e. The van der Waals surface area contributed by atoms with E-state index in [0.717, 1.165) is 37.6 Å². The Morgan fingerprint density at radius 3 is 3.05 bits per heavy atom. The highest BCUT2D eigenvalue weighted by Gasteiger charge is 2.17. The molecule has 0 bridgehead atoms. The predicted molar refractivity (Wildman–Crippen MR) is 68.8 cm³/mol. The molecule has 0 radical (unpaired) electrons. The van der Waals surface area contributed by atoms with Gasteiger partial charge < -0.3 is 10.1 Å². The molecule has 0 aromatic heterocycles. The van der Waals surface area contributed by atoms with Crippen molar-refractivity contribution in [1.29, 1.82) is 0 Å². The van der Waals surface area contributed by atoms with Gasteiger partial charge in [-0.2, -0.15) is 0 Å². The lowest BCUT2D eigenvalue weighted by Crippen LogP contribution is -2.21. The van der Waals surface area contributed by atoms with Gasteiger partial charge in [0.2, 0.25) is 0 Å². The van der Waals surface area contributed by atoms with Gasteiger partial charge in [-0.05, 0) is 38.3 Å². The van der Waals surface area contributed by atoms with Crippen molar-refractivity contribution in [3.05, 3.63) is 34.1 Å². The van der Waals surface area contributed by atoms with E-state index in [1.807, 2.05) is 0 Å². The van der Waals surface area contributed by atoms with E-state index in [4.69, 9.17) is 4.74 Å². The summed E-state index contributed by atoms with van der Waals surface area (Å²) in [7, 11) is 0. The van der Waals surface area contributed by atoms with Gasteiger partial charge in [-0.25, -0.2) is 4.39 Å². The maximum Gasteiger partial charge on any atom is 0.311 e. The van der Waals surface area contributed by atoms with E-state index in [1.54, 1.807) is 0 Å². The van der Waals surface area contributed by atoms with Gasteiger partial charge in [0, 0.05) is 18.2 Å². The third-order valence-corrected chi connectivity index (χ3v) is 3.24. The second-order valence-corrected chi connectivity index (χ2v) is 4.65. The van der Waals surface area contributed by atoms with Crippen LogP contribution in [0.25, 0.3) is 0 Å². The summed E-state index contributed by atoms with van der Waals surface area (Å²) in [5, 5.41) is 14.1. The van der Waals surface area contributed by atoms with Crippen molar-refractivity contribution < 1.29 is 14.1 Å². The van der Waals surface area contributed by atoms with E-state index < -0.39 is 10.7 Å². The second-order valence-electron chi connectivity index (χ2n) is 4.65. The first-order valence-corrected chi connectivity index (χ1v) is 6.47. The van der Waals surface area contributed by atoms with E-state index in [-0.39, 0.29) is 11.4 Å². The first-order chi connectivity index (χ1) is 9.16. The summed E-state index contributed by atoms with van der Waals surface area (Å²) < 4.78 is 18.4. The molecule has 1 atom stereocenters. The minimum absolute atomic E-state index is 0.00406. The predicted octanol–water partition coefficient (Wildman–Crippen LogP) is 2.64. The molecular formula is C13H17FN2O3. The number of hydrogen-bond donors (Lipinski definition) is 1. The Balaban J connectivity index is 1.84. The zero-order valence-corrected chi connectivity index (χ0v) is 10.6. The van der Waals surface area contributed by atoms with Crippen LogP contribution in [0.1, 0.15) is 25.7 Å². The van der Waals surface area contributed by atoms with Crippen molar-refractivity contribution in [2.45, 2.75) is 31.7 Å². The van der Waals surface area contributed by atoms with Crippen molar-refractivity contribution in [3.8, 4) is 5.75 Å². The molecule has 1 unspecified atom stereocenters. The zero-order valence-electron chi connectivity index (χ0n) is 10.6. The van der Waals surface area contributed by atoms with Crippen LogP contribution in [0.2, 0.25) is 0 Å². The summed E-state index contributed by atoms with van der Waals surface area (Å²) >= 11 is 0. The number of nitrogens with one attached hydrogen (secondary N) is 1. The van der Waals surface area contributed by atoms with E-state index in [1.165, 1.54) is 12.8 Å². The van der Waals surface area contributed by atoms with Gasteiger partial charge in [-0.15, -0.1) is 0 Å². The van der Waals surface area contributed by atoms with E-state index in [2.05, 4.69) is 5.32 Å². The summed E-state index contributed by atoms with van der Waals surface area (Å²) in [4.78, 5) is 10.2. The molecule has 0 spiro atoms. The molecule has 1 aliphatic rings. The number of benzene rings is 1. The van der Waals surface area contributed by atoms with Gasteiger partial charge in [0.1, 0.15) is 5.82 Å². The molecule has 1 heterocycles. The number of nitro benzene ring substituents is 1. The normalized spacial score (nSPS) is 18.5. The third kappa shape index (κ3) is 3.89. The molecule has 1 N–H and O–H groups in total. The Labute approximate surface area is 110 Å². The van der Waals surface area contributed by atoms with Crippen LogP contribution in [0.3, 0.4) is 0 Å². The molecule has 1 saturated heterocycles. The minimum Gasteiger partial charge on any atom is -0.487 e. The van der Waals surface area contributed by atoms with Crippen LogP contribution in [-0.4, -0.2) is 24.1 Å². The average Bonchev–Trinajstić information content (AvgIpc) is 2.87. The molecule has 6 heteroatoms. The number of hydrogen-bond acceptors (Lipinski definition) is 4. The Morgan fingerprint density at radius 2 is 2.37 bits per heavy atom. The maximum atomic E-state index is 13.1. The zero-order chi connectivity index (χ0) is 13.7. The highest BCUT2D eigenvalue weighted by molar-refractivity contribution is 5.46. The Hall–Kier alpha value is -1.69. The Kier molecular flexibility index (Phi) is 4.68. The van der Waals surface area contributed by atoms with Gasteiger partial charge in [0.15, 0.2) is 5.75 Å². The molecule has 0 amide bonds. The summed E-state index contributed by atoms with van der Waals surface area (Å²) in [5.41, 5.74) is -0.194. The Bertz CT molecular complexity index is 448. The van der Waals surface area contributed by atoms with Gasteiger partial charge in [0.05, 0.1) is 11.5 Å². The summed E-state index contributed by atoms with van der Waals surface area (Å²) in [6, 6.07) is 3.77. The number of nitrogens with zero attached hydrogens (tertiary/aromatic N) is 1. The lowest BCUT2D eigenvalue weighted by Gasteiger charge is -2.10. The van der Waals surface area contributed by atoms with Crippen molar-refractivity contribution in [2.24, 2.45) is 0 Å². The quantitative estimate of drug-likeness (QED) is 0.489. The molecule has 2 rings (SSSR count). The topological polar surface area (TPSA) is 64.4 Å². The molecule has 1 aromatic rings. The fourth-order valence-electron chi connectivity index (χ4n) is 2.27. The fraction of sp³-hybridized carbons (Fsp3) is 0.538. The van der Waals surface area contributed by atoms with Crippen LogP contribution in [0.15, 0.2) is 18.2 Å². The van der Waals surface area contributed by atoms with Crippen molar-refractivity contribution >= 4 is 5.69 Å².